The molecule has 5 rings (SSSR count). The van der Waals surface area contributed by atoms with Crippen LogP contribution in [0, 0.1) is 19.9 Å². The molecule has 2 aliphatic rings. The van der Waals surface area contributed by atoms with Crippen molar-refractivity contribution in [2.45, 2.75) is 52.4 Å². The van der Waals surface area contributed by atoms with Gasteiger partial charge in [-0.2, -0.15) is 6.08 Å². The summed E-state index contributed by atoms with van der Waals surface area (Å²) >= 11 is 2.28. The van der Waals surface area contributed by atoms with Crippen LogP contribution in [-0.4, -0.2) is 3.81 Å². The van der Waals surface area contributed by atoms with Crippen LogP contribution < -0.4 is 0 Å². The Bertz CT molecular complexity index is 894. The number of fused-ring (bicyclic) bond motifs is 3. The second-order valence-electron chi connectivity index (χ2n) is 7.49. The number of hydrogen-bond acceptors (Lipinski definition) is 0. The minimum atomic E-state index is 1.01. The van der Waals surface area contributed by atoms with Crippen LogP contribution in [0.4, 0.5) is 0 Å². The van der Waals surface area contributed by atoms with Gasteiger partial charge in [0.25, 0.3) is 0 Å². The minimum absolute atomic E-state index is 1.01. The van der Waals surface area contributed by atoms with Gasteiger partial charge in [-0.05, 0) is 13.8 Å². The van der Waals surface area contributed by atoms with Crippen molar-refractivity contribution in [1.82, 2.24) is 0 Å². The van der Waals surface area contributed by atoms with Gasteiger partial charge in [0.15, 0.2) is 0 Å². The van der Waals surface area contributed by atoms with Crippen LogP contribution in [0.25, 0.3) is 21.5 Å². The first kappa shape index (κ1) is 20.1. The average molecular weight is 388 g/mol. The van der Waals surface area contributed by atoms with E-state index in [1.165, 1.54) is 64.8 Å². The maximum atomic E-state index is 2.99. The molecular weight excluding hydrogens is 360 g/mol. The topological polar surface area (TPSA) is 0 Å². The van der Waals surface area contributed by atoms with E-state index < -0.39 is 0 Å². The molecule has 0 unspecified atom stereocenters. The molecule has 0 radical (unpaired) electrons. The predicted octanol–water partition coefficient (Wildman–Crippen LogP) is 7.30. The van der Waals surface area contributed by atoms with Crippen molar-refractivity contribution in [2.24, 2.45) is 0 Å². The Morgan fingerprint density at radius 1 is 0.852 bits per heavy atom. The molecule has 2 aliphatic carbocycles. The molecule has 3 aromatic rings. The predicted molar refractivity (Wildman–Crippen MR) is 116 cm³/mol. The summed E-state index contributed by atoms with van der Waals surface area (Å²) in [5.41, 5.74) is 2.66. The molecule has 0 aliphatic heterocycles. The van der Waals surface area contributed by atoms with Gasteiger partial charge in [0.1, 0.15) is 0 Å². The molecule has 0 saturated heterocycles. The first-order chi connectivity index (χ1) is 13.1. The van der Waals surface area contributed by atoms with Crippen LogP contribution in [0.15, 0.2) is 60.7 Å². The standard InChI is InChI=1S/C15H13.C6H10.C5H5.Ti/c1-10-3-5-12-9-13-6-4-11(2)8-15(13)14(12)7-10;1-2-4-6-5-3-1;1-2-4-5-3-1;/h3-9H,1-2H3;1-5H2;1-3H,4H2;/q-1;;-1;+2. The summed E-state index contributed by atoms with van der Waals surface area (Å²) in [6, 6.07) is 15.6. The molecule has 0 heterocycles. The number of allylic oxidation sites excluding steroid dienone is 4. The van der Waals surface area contributed by atoms with Gasteiger partial charge in [0.2, 0.25) is 0 Å². The Labute approximate surface area is 175 Å². The molecule has 1 heteroatoms. The van der Waals surface area contributed by atoms with Gasteiger partial charge < -0.3 is 0 Å². The SMILES string of the molecule is Cc1ccc2[cH-]c3ccc(C)cc3c2c1.[C-]1=CC=CC1.[Ti+2]=[C]1CCCCC1. The summed E-state index contributed by atoms with van der Waals surface area (Å²) in [5.74, 6) is 0. The molecule has 0 aromatic heterocycles. The van der Waals surface area contributed by atoms with E-state index in [0.29, 0.717) is 0 Å². The first-order valence-corrected chi connectivity index (χ1v) is 10.8. The van der Waals surface area contributed by atoms with E-state index in [2.05, 4.69) is 88.4 Å². The third-order valence-electron chi connectivity index (χ3n) is 5.06. The van der Waals surface area contributed by atoms with Crippen LogP contribution in [0.2, 0.25) is 0 Å². The second kappa shape index (κ2) is 10.1. The van der Waals surface area contributed by atoms with E-state index in [-0.39, 0.29) is 0 Å². The molecular formula is C26H28Ti. The van der Waals surface area contributed by atoms with Crippen molar-refractivity contribution in [1.29, 1.82) is 0 Å². The van der Waals surface area contributed by atoms with E-state index in [4.69, 9.17) is 0 Å². The van der Waals surface area contributed by atoms with E-state index >= 15 is 0 Å². The van der Waals surface area contributed by atoms with Crippen LogP contribution in [-0.2, 0) is 20.0 Å². The fourth-order valence-corrected chi connectivity index (χ4v) is 4.10. The number of benzene rings is 2. The van der Waals surface area contributed by atoms with Crippen LogP contribution in [0.5, 0.6) is 0 Å². The summed E-state index contributed by atoms with van der Waals surface area (Å²) in [7, 11) is 0. The summed E-state index contributed by atoms with van der Waals surface area (Å²) in [6.07, 6.45) is 17.2. The van der Waals surface area contributed by atoms with Gasteiger partial charge in [-0.1, -0.05) is 35.4 Å². The zero-order chi connectivity index (χ0) is 19.1. The van der Waals surface area contributed by atoms with Crippen LogP contribution in [0.1, 0.15) is 49.7 Å². The van der Waals surface area contributed by atoms with E-state index in [9.17, 15) is 0 Å². The molecule has 1 fully saturated rings. The monoisotopic (exact) mass is 388 g/mol. The van der Waals surface area contributed by atoms with Crippen molar-refractivity contribution < 1.29 is 20.0 Å². The van der Waals surface area contributed by atoms with E-state index in [0.717, 1.165) is 6.42 Å². The summed E-state index contributed by atoms with van der Waals surface area (Å²) in [5, 5.41) is 5.46. The summed E-state index contributed by atoms with van der Waals surface area (Å²) in [4.78, 5) is 0. The van der Waals surface area contributed by atoms with Gasteiger partial charge in [0.05, 0.1) is 0 Å². The molecule has 0 bridgehead atoms. The molecule has 0 amide bonds. The van der Waals surface area contributed by atoms with Gasteiger partial charge in [-0.3, -0.25) is 6.08 Å². The quantitative estimate of drug-likeness (QED) is 0.280. The van der Waals surface area contributed by atoms with Crippen molar-refractivity contribution >= 4 is 25.4 Å². The van der Waals surface area contributed by atoms with Gasteiger partial charge >= 0.3 is 55.9 Å². The van der Waals surface area contributed by atoms with Crippen molar-refractivity contribution in [2.75, 3.05) is 0 Å². The fourth-order valence-electron chi connectivity index (χ4n) is 3.54. The van der Waals surface area contributed by atoms with Gasteiger partial charge in [0, 0.05) is 0 Å². The van der Waals surface area contributed by atoms with E-state index in [1.54, 1.807) is 3.81 Å². The molecule has 3 aromatic carbocycles. The third kappa shape index (κ3) is 5.93. The molecule has 0 N–H and O–H groups in total. The Kier molecular flexibility index (Phi) is 7.50. The number of rotatable bonds is 0. The fraction of sp³-hybridized carbons (Fsp3) is 0.308. The Morgan fingerprint density at radius 2 is 1.44 bits per heavy atom. The molecule has 1 saturated carbocycles. The Morgan fingerprint density at radius 3 is 1.81 bits per heavy atom. The Balaban J connectivity index is 0.000000145. The van der Waals surface area contributed by atoms with Gasteiger partial charge in [-0.25, -0.2) is 12.2 Å². The normalized spacial score (nSPS) is 15.5. The Hall–Kier alpha value is -1.63. The maximum absolute atomic E-state index is 2.99. The first-order valence-electron chi connectivity index (χ1n) is 9.98. The zero-order valence-electron chi connectivity index (χ0n) is 16.5. The van der Waals surface area contributed by atoms with Crippen molar-refractivity contribution in [3.05, 3.63) is 77.9 Å². The molecule has 136 valence electrons. The zero-order valence-corrected chi connectivity index (χ0v) is 18.1. The van der Waals surface area contributed by atoms with Crippen LogP contribution >= 0.6 is 0 Å². The third-order valence-corrected chi connectivity index (χ3v) is 5.84. The molecule has 0 spiro atoms. The summed E-state index contributed by atoms with van der Waals surface area (Å²) in [6.45, 7) is 4.29. The second-order valence-corrected chi connectivity index (χ2v) is 8.60. The van der Waals surface area contributed by atoms with Crippen LogP contribution in [0.3, 0.4) is 0 Å². The van der Waals surface area contributed by atoms with Crippen molar-refractivity contribution in [3.63, 3.8) is 0 Å². The average Bonchev–Trinajstić information content (AvgIpc) is 3.35. The van der Waals surface area contributed by atoms with Crippen molar-refractivity contribution in [3.8, 4) is 0 Å². The summed E-state index contributed by atoms with van der Waals surface area (Å²) < 4.78 is 1.71. The number of hydrogen-bond donors (Lipinski definition) is 0. The molecule has 0 atom stereocenters. The number of aryl methyl sites for hydroxylation is 2. The molecule has 0 nitrogen and oxygen atoms in total. The van der Waals surface area contributed by atoms with Gasteiger partial charge in [-0.15, -0.1) is 46.2 Å². The van der Waals surface area contributed by atoms with E-state index in [1.807, 2.05) is 12.2 Å². The molecule has 27 heavy (non-hydrogen) atoms.